The molecular weight excluding hydrogens is 237 g/mol. The van der Waals surface area contributed by atoms with Gasteiger partial charge in [-0.15, -0.1) is 0 Å². The zero-order valence-electron chi connectivity index (χ0n) is 10.5. The third-order valence-corrected chi connectivity index (χ3v) is 2.63. The van der Waals surface area contributed by atoms with Crippen LogP contribution in [0.5, 0.6) is 17.2 Å². The summed E-state index contributed by atoms with van der Waals surface area (Å²) in [6.07, 6.45) is 1.06. The van der Waals surface area contributed by atoms with E-state index in [0.717, 1.165) is 24.3 Å². The van der Waals surface area contributed by atoms with E-state index in [2.05, 4.69) is 12.2 Å². The average molecular weight is 255 g/mol. The Labute approximate surface area is 106 Å². The van der Waals surface area contributed by atoms with Crippen molar-refractivity contribution in [1.29, 1.82) is 0 Å². The van der Waals surface area contributed by atoms with Gasteiger partial charge in [-0.3, -0.25) is 0 Å². The van der Waals surface area contributed by atoms with Gasteiger partial charge >= 0.3 is 0 Å². The van der Waals surface area contributed by atoms with Crippen LogP contribution in [-0.2, 0) is 6.54 Å². The Balaban J connectivity index is 2.12. The summed E-state index contributed by atoms with van der Waals surface area (Å²) in [5.74, 6) is 2.03. The van der Waals surface area contributed by atoms with E-state index in [-0.39, 0.29) is 13.4 Å². The van der Waals surface area contributed by atoms with Crippen LogP contribution in [0.1, 0.15) is 18.9 Å². The van der Waals surface area contributed by atoms with Crippen molar-refractivity contribution in [3.05, 3.63) is 17.7 Å². The van der Waals surface area contributed by atoms with Crippen molar-refractivity contribution in [2.45, 2.75) is 19.9 Å². The van der Waals surface area contributed by atoms with Gasteiger partial charge in [-0.2, -0.15) is 0 Å². The largest absolute Gasteiger partial charge is 0.490 e. The first-order valence-electron chi connectivity index (χ1n) is 6.17. The first kappa shape index (κ1) is 13.0. The van der Waals surface area contributed by atoms with Gasteiger partial charge in [0, 0.05) is 18.2 Å². The quantitative estimate of drug-likeness (QED) is 0.759. The van der Waals surface area contributed by atoms with E-state index < -0.39 is 6.67 Å². The lowest BCUT2D eigenvalue weighted by atomic mass is 10.1. The Bertz CT molecular complexity index is 398. The Morgan fingerprint density at radius 2 is 2.11 bits per heavy atom. The van der Waals surface area contributed by atoms with Crippen LogP contribution in [0.4, 0.5) is 4.39 Å². The third-order valence-electron chi connectivity index (χ3n) is 2.63. The lowest BCUT2D eigenvalue weighted by molar-refractivity contribution is 0.173. The molecule has 0 unspecified atom stereocenters. The molecule has 4 nitrogen and oxygen atoms in total. The van der Waals surface area contributed by atoms with Crippen LogP contribution in [0.25, 0.3) is 0 Å². The second-order valence-corrected chi connectivity index (χ2v) is 4.03. The minimum Gasteiger partial charge on any atom is -0.490 e. The normalized spacial score (nSPS) is 12.8. The summed E-state index contributed by atoms with van der Waals surface area (Å²) in [4.78, 5) is 0. The minimum atomic E-state index is -0.504. The van der Waals surface area contributed by atoms with E-state index in [0.29, 0.717) is 18.0 Å². The molecule has 0 radical (unpaired) electrons. The molecule has 2 rings (SSSR count). The van der Waals surface area contributed by atoms with Crippen molar-refractivity contribution in [3.63, 3.8) is 0 Å². The number of ether oxygens (including phenoxy) is 3. The van der Waals surface area contributed by atoms with E-state index in [1.54, 1.807) is 6.07 Å². The zero-order chi connectivity index (χ0) is 12.8. The maximum Gasteiger partial charge on any atom is 0.231 e. The SMILES string of the molecule is CCCNCc1cc2c(cc1OCCF)OCO2. The van der Waals surface area contributed by atoms with Crippen LogP contribution >= 0.6 is 0 Å². The van der Waals surface area contributed by atoms with Gasteiger partial charge in [0.15, 0.2) is 11.5 Å². The molecule has 0 aliphatic carbocycles. The second-order valence-electron chi connectivity index (χ2n) is 4.03. The lowest BCUT2D eigenvalue weighted by Gasteiger charge is -2.12. The van der Waals surface area contributed by atoms with Crippen LogP contribution in [0.15, 0.2) is 12.1 Å². The zero-order valence-corrected chi connectivity index (χ0v) is 10.5. The lowest BCUT2D eigenvalue weighted by Crippen LogP contribution is -2.15. The molecule has 0 atom stereocenters. The molecule has 1 heterocycles. The highest BCUT2D eigenvalue weighted by Gasteiger charge is 2.17. The number of hydrogen-bond acceptors (Lipinski definition) is 4. The molecule has 5 heteroatoms. The van der Waals surface area contributed by atoms with Crippen molar-refractivity contribution in [1.82, 2.24) is 5.32 Å². The molecule has 18 heavy (non-hydrogen) atoms. The summed E-state index contributed by atoms with van der Waals surface area (Å²) in [6.45, 7) is 3.48. The molecule has 1 N–H and O–H groups in total. The van der Waals surface area contributed by atoms with Crippen LogP contribution in [0.3, 0.4) is 0 Å². The second kappa shape index (κ2) is 6.44. The molecule has 0 fully saturated rings. The fourth-order valence-electron chi connectivity index (χ4n) is 1.79. The molecule has 0 aromatic heterocycles. The third kappa shape index (κ3) is 3.04. The van der Waals surface area contributed by atoms with Gasteiger partial charge in [-0.25, -0.2) is 4.39 Å². The van der Waals surface area contributed by atoms with E-state index in [1.807, 2.05) is 6.07 Å². The summed E-state index contributed by atoms with van der Waals surface area (Å²) >= 11 is 0. The number of hydrogen-bond donors (Lipinski definition) is 1. The first-order chi connectivity index (χ1) is 8.85. The number of fused-ring (bicyclic) bond motifs is 1. The van der Waals surface area contributed by atoms with Crippen molar-refractivity contribution < 1.29 is 18.6 Å². The molecule has 1 aliphatic rings. The van der Waals surface area contributed by atoms with Crippen LogP contribution < -0.4 is 19.5 Å². The summed E-state index contributed by atoms with van der Waals surface area (Å²) in [7, 11) is 0. The highest BCUT2D eigenvalue weighted by molar-refractivity contribution is 5.51. The maximum absolute atomic E-state index is 12.2. The predicted molar refractivity (Wildman–Crippen MR) is 66.0 cm³/mol. The van der Waals surface area contributed by atoms with Crippen LogP contribution in [0, 0.1) is 0 Å². The topological polar surface area (TPSA) is 39.7 Å². The van der Waals surface area contributed by atoms with E-state index in [9.17, 15) is 4.39 Å². The molecule has 1 aromatic rings. The van der Waals surface area contributed by atoms with Crippen molar-refractivity contribution in [2.75, 3.05) is 26.6 Å². The molecule has 100 valence electrons. The predicted octanol–water partition coefficient (Wildman–Crippen LogP) is 2.26. The van der Waals surface area contributed by atoms with Gasteiger partial charge in [-0.05, 0) is 19.0 Å². The molecule has 0 saturated carbocycles. The molecule has 1 aliphatic heterocycles. The molecule has 0 bridgehead atoms. The Hall–Kier alpha value is -1.49. The van der Waals surface area contributed by atoms with Gasteiger partial charge in [0.25, 0.3) is 0 Å². The van der Waals surface area contributed by atoms with Crippen LogP contribution in [-0.4, -0.2) is 26.6 Å². The molecule has 1 aromatic carbocycles. The maximum atomic E-state index is 12.2. The fourth-order valence-corrected chi connectivity index (χ4v) is 1.79. The Morgan fingerprint density at radius 3 is 2.83 bits per heavy atom. The van der Waals surface area contributed by atoms with Gasteiger partial charge < -0.3 is 19.5 Å². The first-order valence-corrected chi connectivity index (χ1v) is 6.17. The van der Waals surface area contributed by atoms with Crippen molar-refractivity contribution in [3.8, 4) is 17.2 Å². The van der Waals surface area contributed by atoms with Crippen LogP contribution in [0.2, 0.25) is 0 Å². The highest BCUT2D eigenvalue weighted by atomic mass is 19.1. The van der Waals surface area contributed by atoms with E-state index in [4.69, 9.17) is 14.2 Å². The summed E-state index contributed by atoms with van der Waals surface area (Å²) in [6, 6.07) is 3.65. The van der Waals surface area contributed by atoms with Gasteiger partial charge in [0.1, 0.15) is 19.0 Å². The fraction of sp³-hybridized carbons (Fsp3) is 0.538. The van der Waals surface area contributed by atoms with Gasteiger partial charge in [-0.1, -0.05) is 6.92 Å². The monoisotopic (exact) mass is 255 g/mol. The number of alkyl halides is 1. The Morgan fingerprint density at radius 1 is 1.33 bits per heavy atom. The standard InChI is InChI=1S/C13H18FNO3/c1-2-4-15-8-10-6-12-13(18-9-17-12)7-11(10)16-5-3-14/h6-7,15H,2-5,8-9H2,1H3. The summed E-state index contributed by atoms with van der Waals surface area (Å²) in [5, 5.41) is 3.29. The number of benzene rings is 1. The smallest absolute Gasteiger partial charge is 0.231 e. The number of rotatable bonds is 7. The molecule has 0 amide bonds. The van der Waals surface area contributed by atoms with Crippen molar-refractivity contribution >= 4 is 0 Å². The molecule has 0 saturated heterocycles. The van der Waals surface area contributed by atoms with Crippen molar-refractivity contribution in [2.24, 2.45) is 0 Å². The van der Waals surface area contributed by atoms with E-state index in [1.165, 1.54) is 0 Å². The molecule has 0 spiro atoms. The number of halogens is 1. The Kier molecular flexibility index (Phi) is 4.64. The number of nitrogens with one attached hydrogen (secondary N) is 1. The minimum absolute atomic E-state index is 0.0560. The van der Waals surface area contributed by atoms with Gasteiger partial charge in [0.05, 0.1) is 0 Å². The van der Waals surface area contributed by atoms with E-state index >= 15 is 0 Å². The van der Waals surface area contributed by atoms with Gasteiger partial charge in [0.2, 0.25) is 6.79 Å². The summed E-state index contributed by atoms with van der Waals surface area (Å²) in [5.41, 5.74) is 0.959. The highest BCUT2D eigenvalue weighted by Crippen LogP contribution is 2.38. The summed E-state index contributed by atoms with van der Waals surface area (Å²) < 4.78 is 28.2. The molecular formula is C13H18FNO3. The average Bonchev–Trinajstić information content (AvgIpc) is 2.83.